The van der Waals surface area contributed by atoms with Crippen LogP contribution in [0.1, 0.15) is 156 Å². The summed E-state index contributed by atoms with van der Waals surface area (Å²) >= 11 is 0. The second-order valence-electron chi connectivity index (χ2n) is 25.2. The number of amides is 10. The molecule has 1 saturated carbocycles. The predicted molar refractivity (Wildman–Crippen MR) is 324 cm³/mol. The Balaban J connectivity index is 1.10. The average Bonchev–Trinajstić information content (AvgIpc) is 3.85. The topological polar surface area (TPSA) is 347 Å². The number of carbonyl (C=O) groups excluding carboxylic acids is 9. The SMILES string of the molecule is CC(C)C(NC(=O)CCCCCN1C(=O)CC(C)(C)C1=O)C(=O)NC(CCCNC(N)=O)C(=O)NC(CCCCNC(=O)C1CCC(NC(=O)C(N)CCN(C(=O)CO)C(c2cc(-c3cc(F)ccc3F)cn2Cc2ccccc2)C(C)(C)C)C1)C(=O)O. The Kier molecular flexibility index (Phi) is 26.6. The van der Waals surface area contributed by atoms with E-state index in [0.29, 0.717) is 62.7 Å². The number of aromatic nitrogens is 1. The van der Waals surface area contributed by atoms with E-state index >= 15 is 4.39 Å². The van der Waals surface area contributed by atoms with E-state index in [2.05, 4.69) is 31.9 Å². The minimum absolute atomic E-state index is 0.00920. The van der Waals surface area contributed by atoms with Crippen LogP contribution in [0, 0.1) is 34.3 Å². The van der Waals surface area contributed by atoms with E-state index in [0.717, 1.165) is 23.8 Å². The lowest BCUT2D eigenvalue weighted by Crippen LogP contribution is -2.57. The molecular weight excluding hydrogens is 1140 g/mol. The van der Waals surface area contributed by atoms with Crippen LogP contribution in [0.5, 0.6) is 0 Å². The number of halogens is 2. The van der Waals surface area contributed by atoms with Gasteiger partial charge in [0.15, 0.2) is 0 Å². The van der Waals surface area contributed by atoms with Crippen LogP contribution >= 0.6 is 0 Å². The molecule has 7 unspecified atom stereocenters. The quantitative estimate of drug-likeness (QED) is 0.0288. The Hall–Kier alpha value is -7.80. The lowest BCUT2D eigenvalue weighted by atomic mass is 9.82. The molecule has 1 aliphatic heterocycles. The number of unbranched alkanes of at least 4 members (excludes halogenated alkanes) is 3. The number of urea groups is 1. The van der Waals surface area contributed by atoms with E-state index < -0.39 is 113 Å². The summed E-state index contributed by atoms with van der Waals surface area (Å²) in [7, 11) is 0. The van der Waals surface area contributed by atoms with Gasteiger partial charge in [-0.15, -0.1) is 0 Å². The Labute approximate surface area is 513 Å². The van der Waals surface area contributed by atoms with Gasteiger partial charge in [-0.1, -0.05) is 85.2 Å². The minimum atomic E-state index is -1.38. The second kappa shape index (κ2) is 33.0. The van der Waals surface area contributed by atoms with Crippen molar-refractivity contribution in [1.82, 2.24) is 46.3 Å². The highest BCUT2D eigenvalue weighted by molar-refractivity contribution is 6.05. The maximum Gasteiger partial charge on any atom is 0.326 e. The molecular formula is C63H91F2N11O12. The van der Waals surface area contributed by atoms with Gasteiger partial charge in [0.05, 0.1) is 17.5 Å². The molecule has 2 fully saturated rings. The van der Waals surface area contributed by atoms with Crippen molar-refractivity contribution in [2.75, 3.05) is 32.8 Å². The zero-order valence-electron chi connectivity index (χ0n) is 51.8. The number of aliphatic hydroxyl groups excluding tert-OH is 1. The number of hydrogen-bond donors (Lipinski definition) is 10. The van der Waals surface area contributed by atoms with Crippen molar-refractivity contribution in [2.24, 2.45) is 34.1 Å². The maximum absolute atomic E-state index is 15.2. The summed E-state index contributed by atoms with van der Waals surface area (Å²) in [6, 6.07) is 7.60. The number of likely N-dealkylation sites (tertiary alicyclic amines) is 1. The molecule has 25 heteroatoms. The maximum atomic E-state index is 15.2. The summed E-state index contributed by atoms with van der Waals surface area (Å²) in [5.74, 6) is -7.23. The van der Waals surface area contributed by atoms with Gasteiger partial charge in [-0.2, -0.15) is 0 Å². The van der Waals surface area contributed by atoms with E-state index in [1.165, 1.54) is 9.80 Å². The fourth-order valence-electron chi connectivity index (χ4n) is 11.3. The molecule has 2 aliphatic rings. The summed E-state index contributed by atoms with van der Waals surface area (Å²) in [6.45, 7) is 12.5. The number of nitrogens with zero attached hydrogens (tertiary/aromatic N) is 3. The smallest absolute Gasteiger partial charge is 0.326 e. The lowest BCUT2D eigenvalue weighted by molar-refractivity contribution is -0.143. The number of rotatable bonds is 34. The molecule has 12 N–H and O–H groups in total. The van der Waals surface area contributed by atoms with Gasteiger partial charge >= 0.3 is 12.0 Å². The van der Waals surface area contributed by atoms with Gasteiger partial charge in [0.2, 0.25) is 47.3 Å². The van der Waals surface area contributed by atoms with Crippen LogP contribution in [0.15, 0.2) is 60.8 Å². The standard InChI is InChI=1S/C63H91F2N11O12/c1-38(2)53(73-50(78)21-12-9-15-29-76-51(79)34-63(6,7)60(76)87)58(84)71-47(20-16-28-69-61(67)88)57(83)72-48(59(85)86)19-13-14-27-68-55(81)40-22-24-43(31-40)70-56(82)46(66)26-30-75(52(80)37-77)54(62(3,4)5)49-32-41(44-33-42(64)23-25-45(44)65)36-74(49)35-39-17-10-8-11-18-39/h8,10-11,17-18,23,25,32-33,36,38,40,43,46-48,53-54,77H,9,12-16,19-22,24,26-31,34-35,37,66H2,1-7H3,(H,68,81)(H,70,82)(H,71,84)(H,72,83)(H,73,78)(H,85,86)(H3,67,69,88). The van der Waals surface area contributed by atoms with Crippen molar-refractivity contribution in [3.63, 3.8) is 0 Å². The van der Waals surface area contributed by atoms with Crippen LogP contribution < -0.4 is 43.4 Å². The summed E-state index contributed by atoms with van der Waals surface area (Å²) in [4.78, 5) is 132. The third kappa shape index (κ3) is 20.9. The van der Waals surface area contributed by atoms with Crippen LogP contribution in [0.3, 0.4) is 0 Å². The van der Waals surface area contributed by atoms with Gasteiger partial charge in [0.1, 0.15) is 36.4 Å². The van der Waals surface area contributed by atoms with Crippen LogP contribution in [0.2, 0.25) is 0 Å². The van der Waals surface area contributed by atoms with Gasteiger partial charge < -0.3 is 63.0 Å². The van der Waals surface area contributed by atoms with E-state index in [-0.39, 0.29) is 100 Å². The normalized spacial score (nSPS) is 17.3. The number of primary amides is 1. The number of carbonyl (C=O) groups is 10. The fourth-order valence-corrected chi connectivity index (χ4v) is 11.3. The molecule has 1 aromatic heterocycles. The monoisotopic (exact) mass is 1230 g/mol. The first-order valence-electron chi connectivity index (χ1n) is 30.5. The summed E-state index contributed by atoms with van der Waals surface area (Å²) in [6.07, 6.45) is 5.34. The first-order valence-corrected chi connectivity index (χ1v) is 30.5. The molecule has 10 amide bonds. The molecule has 88 heavy (non-hydrogen) atoms. The highest BCUT2D eigenvalue weighted by Crippen LogP contribution is 2.41. The van der Waals surface area contributed by atoms with Crippen molar-refractivity contribution in [3.05, 3.63) is 83.7 Å². The highest BCUT2D eigenvalue weighted by atomic mass is 19.1. The number of hydrogen-bond acceptors (Lipinski definition) is 12. The van der Waals surface area contributed by atoms with Gasteiger partial charge in [-0.3, -0.25) is 43.3 Å². The largest absolute Gasteiger partial charge is 0.480 e. The summed E-state index contributed by atoms with van der Waals surface area (Å²) in [5, 5.41) is 36.5. The van der Waals surface area contributed by atoms with Gasteiger partial charge in [0.25, 0.3) is 0 Å². The molecule has 484 valence electrons. The number of nitrogens with one attached hydrogen (secondary N) is 6. The van der Waals surface area contributed by atoms with E-state index in [1.54, 1.807) is 40.0 Å². The Bertz CT molecular complexity index is 2930. The second-order valence-corrected chi connectivity index (χ2v) is 25.2. The van der Waals surface area contributed by atoms with Crippen molar-refractivity contribution < 1.29 is 66.9 Å². The number of aliphatic carboxylic acids is 1. The zero-order chi connectivity index (χ0) is 65.0. The Morgan fingerprint density at radius 3 is 2.12 bits per heavy atom. The van der Waals surface area contributed by atoms with Crippen LogP contribution in [-0.4, -0.2) is 147 Å². The third-order valence-corrected chi connectivity index (χ3v) is 16.1. The van der Waals surface area contributed by atoms with Gasteiger partial charge in [-0.05, 0) is 112 Å². The molecule has 0 bridgehead atoms. The van der Waals surface area contributed by atoms with Crippen LogP contribution in [0.4, 0.5) is 13.6 Å². The first-order chi connectivity index (χ1) is 41.5. The number of nitrogens with two attached hydrogens (primary N) is 2. The molecule has 1 saturated heterocycles. The molecule has 0 radical (unpaired) electrons. The summed E-state index contributed by atoms with van der Waals surface area (Å²) < 4.78 is 31.6. The number of aliphatic hydroxyl groups is 1. The van der Waals surface area contributed by atoms with Gasteiger partial charge in [-0.25, -0.2) is 18.4 Å². The number of imide groups is 1. The van der Waals surface area contributed by atoms with Crippen molar-refractivity contribution >= 4 is 59.3 Å². The van der Waals surface area contributed by atoms with Crippen LogP contribution in [0.25, 0.3) is 11.1 Å². The average molecular weight is 1230 g/mol. The molecule has 5 rings (SSSR count). The first kappa shape index (κ1) is 71.0. The molecule has 0 spiro atoms. The van der Waals surface area contributed by atoms with E-state index in [1.807, 2.05) is 55.7 Å². The Morgan fingerprint density at radius 2 is 1.49 bits per heavy atom. The molecule has 2 aromatic carbocycles. The van der Waals surface area contributed by atoms with E-state index in [4.69, 9.17) is 11.5 Å². The zero-order valence-corrected chi connectivity index (χ0v) is 51.8. The van der Waals surface area contributed by atoms with Crippen molar-refractivity contribution in [2.45, 2.75) is 181 Å². The predicted octanol–water partition coefficient (Wildman–Crippen LogP) is 4.67. The molecule has 2 heterocycles. The van der Waals surface area contributed by atoms with Crippen molar-refractivity contribution in [1.29, 1.82) is 0 Å². The third-order valence-electron chi connectivity index (χ3n) is 16.1. The number of carboxylic acid groups (broad SMARTS) is 1. The van der Waals surface area contributed by atoms with E-state index in [9.17, 15) is 62.5 Å². The minimum Gasteiger partial charge on any atom is -0.480 e. The number of carboxylic acids is 1. The fraction of sp³-hybridized carbons (Fsp3) is 0.587. The highest BCUT2D eigenvalue weighted by Gasteiger charge is 2.44. The Morgan fingerprint density at radius 1 is 0.807 bits per heavy atom. The number of benzene rings is 2. The molecule has 23 nitrogen and oxygen atoms in total. The summed E-state index contributed by atoms with van der Waals surface area (Å²) in [5.41, 5.74) is 12.1. The van der Waals surface area contributed by atoms with Crippen LogP contribution in [-0.2, 0) is 49.7 Å². The molecule has 1 aliphatic carbocycles. The molecule has 3 aromatic rings. The van der Waals surface area contributed by atoms with Gasteiger partial charge in [0, 0.05) is 80.5 Å². The van der Waals surface area contributed by atoms with Crippen molar-refractivity contribution in [3.8, 4) is 11.1 Å². The molecule has 7 atom stereocenters. The lowest BCUT2D eigenvalue weighted by Gasteiger charge is -2.41.